The van der Waals surface area contributed by atoms with Crippen LogP contribution in [0.5, 0.6) is 0 Å². The van der Waals surface area contributed by atoms with E-state index < -0.39 is 0 Å². The summed E-state index contributed by atoms with van der Waals surface area (Å²) in [4.78, 5) is 30.4. The fourth-order valence-electron chi connectivity index (χ4n) is 4.72. The zero-order valence-corrected chi connectivity index (χ0v) is 17.6. The normalized spacial score (nSPS) is 17.4. The Kier molecular flexibility index (Phi) is 5.60. The molecule has 0 atom stereocenters. The predicted octanol–water partition coefficient (Wildman–Crippen LogP) is 3.35. The highest BCUT2D eigenvalue weighted by Gasteiger charge is 2.35. The molecule has 1 amide bonds. The number of aromatic nitrogens is 1. The number of halogens is 1. The Morgan fingerprint density at radius 1 is 1.13 bits per heavy atom. The third-order valence-corrected chi connectivity index (χ3v) is 6.44. The first-order chi connectivity index (χ1) is 14.5. The molecule has 1 aromatic heterocycles. The predicted molar refractivity (Wildman–Crippen MR) is 116 cm³/mol. The van der Waals surface area contributed by atoms with Crippen molar-refractivity contribution in [1.82, 2.24) is 15.2 Å². The van der Waals surface area contributed by atoms with Crippen LogP contribution in [-0.2, 0) is 6.42 Å². The molecule has 0 radical (unpaired) electrons. The average molecular weight is 410 g/mol. The molecule has 5 nitrogen and oxygen atoms in total. The van der Waals surface area contributed by atoms with Crippen LogP contribution in [0.3, 0.4) is 0 Å². The Morgan fingerprint density at radius 2 is 1.87 bits per heavy atom. The summed E-state index contributed by atoms with van der Waals surface area (Å²) in [6.45, 7) is 6.82. The standard InChI is InChI=1S/C24H28FN3O2/c1-3-28(4-2)23(30)21-12-22(29)20(15-27-21)19-14-24(7-9-26-10-8-24)13-16-5-6-17(25)11-18(16)19/h5-6,11-12,14-15,26H,3-4,7-10,13H2,1-2H3,(H,27,29). The molecular weight excluding hydrogens is 381 g/mol. The SMILES string of the molecule is CCN(CC)C(=O)c1cc(=O)c(C2=CC3(CCNCC3)Cc3ccc(F)cc32)c[nH]1. The molecule has 0 unspecified atom stereocenters. The lowest BCUT2D eigenvalue weighted by Gasteiger charge is -2.39. The minimum Gasteiger partial charge on any atom is -0.356 e. The lowest BCUT2D eigenvalue weighted by molar-refractivity contribution is 0.0767. The van der Waals surface area contributed by atoms with Gasteiger partial charge in [-0.3, -0.25) is 9.59 Å². The van der Waals surface area contributed by atoms with Crippen LogP contribution < -0.4 is 10.7 Å². The van der Waals surface area contributed by atoms with Crippen molar-refractivity contribution in [2.75, 3.05) is 26.2 Å². The number of carbonyl (C=O) groups excluding carboxylic acids is 1. The van der Waals surface area contributed by atoms with E-state index in [9.17, 15) is 14.0 Å². The Morgan fingerprint density at radius 3 is 2.53 bits per heavy atom. The number of nitrogens with one attached hydrogen (secondary N) is 2. The number of aromatic amines is 1. The van der Waals surface area contributed by atoms with Crippen molar-refractivity contribution in [1.29, 1.82) is 0 Å². The first-order valence-corrected chi connectivity index (χ1v) is 10.7. The van der Waals surface area contributed by atoms with Crippen LogP contribution >= 0.6 is 0 Å². The quantitative estimate of drug-likeness (QED) is 0.814. The summed E-state index contributed by atoms with van der Waals surface area (Å²) in [6, 6.07) is 6.23. The molecular formula is C24H28FN3O2. The van der Waals surface area contributed by atoms with E-state index in [4.69, 9.17) is 0 Å². The molecule has 6 heteroatoms. The van der Waals surface area contributed by atoms with Gasteiger partial charge in [-0.25, -0.2) is 4.39 Å². The number of pyridine rings is 1. The van der Waals surface area contributed by atoms with E-state index >= 15 is 0 Å². The van der Waals surface area contributed by atoms with Crippen molar-refractivity contribution in [3.63, 3.8) is 0 Å². The van der Waals surface area contributed by atoms with Crippen LogP contribution in [0.2, 0.25) is 0 Å². The van der Waals surface area contributed by atoms with Crippen molar-refractivity contribution in [2.45, 2.75) is 33.1 Å². The smallest absolute Gasteiger partial charge is 0.270 e. The third kappa shape index (κ3) is 3.72. The van der Waals surface area contributed by atoms with E-state index in [0.29, 0.717) is 18.7 Å². The van der Waals surface area contributed by atoms with Gasteiger partial charge in [-0.05, 0) is 80.4 Å². The molecule has 0 saturated carbocycles. The van der Waals surface area contributed by atoms with Crippen LogP contribution in [0, 0.1) is 11.2 Å². The second-order valence-electron chi connectivity index (χ2n) is 8.25. The molecule has 1 aromatic carbocycles. The summed E-state index contributed by atoms with van der Waals surface area (Å²) in [5, 5.41) is 3.40. The van der Waals surface area contributed by atoms with Crippen LogP contribution in [0.15, 0.2) is 41.3 Å². The van der Waals surface area contributed by atoms with Crippen LogP contribution in [0.4, 0.5) is 4.39 Å². The number of hydrogen-bond donors (Lipinski definition) is 2. The monoisotopic (exact) mass is 409 g/mol. The maximum atomic E-state index is 14.1. The summed E-state index contributed by atoms with van der Waals surface area (Å²) in [6.07, 6.45) is 6.59. The van der Waals surface area contributed by atoms with Gasteiger partial charge in [0.05, 0.1) is 0 Å². The van der Waals surface area contributed by atoms with Gasteiger partial charge < -0.3 is 15.2 Å². The van der Waals surface area contributed by atoms with Crippen LogP contribution in [0.1, 0.15) is 53.9 Å². The summed E-state index contributed by atoms with van der Waals surface area (Å²) in [7, 11) is 0. The van der Waals surface area contributed by atoms with Crippen molar-refractivity contribution in [2.24, 2.45) is 5.41 Å². The number of fused-ring (bicyclic) bond motifs is 1. The molecule has 2 N–H and O–H groups in total. The molecule has 1 spiro atoms. The van der Waals surface area contributed by atoms with Gasteiger partial charge in [0.25, 0.3) is 5.91 Å². The molecule has 2 heterocycles. The molecule has 2 aliphatic rings. The van der Waals surface area contributed by atoms with Crippen LogP contribution in [0.25, 0.3) is 5.57 Å². The van der Waals surface area contributed by atoms with Gasteiger partial charge in [0, 0.05) is 30.9 Å². The number of H-pyrrole nitrogens is 1. The fourth-order valence-corrected chi connectivity index (χ4v) is 4.72. The van der Waals surface area contributed by atoms with Crippen LogP contribution in [-0.4, -0.2) is 42.0 Å². The molecule has 1 aliphatic carbocycles. The zero-order valence-electron chi connectivity index (χ0n) is 17.6. The summed E-state index contributed by atoms with van der Waals surface area (Å²) < 4.78 is 14.1. The Balaban J connectivity index is 1.80. The van der Waals surface area contributed by atoms with Gasteiger partial charge in [0.1, 0.15) is 11.5 Å². The first kappa shape index (κ1) is 20.5. The molecule has 0 bridgehead atoms. The number of nitrogens with zero attached hydrogens (tertiary/aromatic N) is 1. The zero-order chi connectivity index (χ0) is 21.3. The first-order valence-electron chi connectivity index (χ1n) is 10.7. The molecule has 1 fully saturated rings. The lowest BCUT2D eigenvalue weighted by atomic mass is 9.67. The molecule has 1 saturated heterocycles. The minimum atomic E-state index is -0.314. The summed E-state index contributed by atoms with van der Waals surface area (Å²) in [5.41, 5.74) is 3.10. The third-order valence-electron chi connectivity index (χ3n) is 6.44. The van der Waals surface area contributed by atoms with Gasteiger partial charge in [-0.2, -0.15) is 0 Å². The topological polar surface area (TPSA) is 65.2 Å². The number of rotatable bonds is 4. The van der Waals surface area contributed by atoms with E-state index in [1.807, 2.05) is 19.9 Å². The second-order valence-corrected chi connectivity index (χ2v) is 8.25. The van der Waals surface area contributed by atoms with E-state index in [1.165, 1.54) is 18.2 Å². The highest BCUT2D eigenvalue weighted by Crippen LogP contribution is 2.44. The number of hydrogen-bond acceptors (Lipinski definition) is 3. The molecule has 158 valence electrons. The summed E-state index contributed by atoms with van der Waals surface area (Å²) >= 11 is 0. The maximum Gasteiger partial charge on any atom is 0.270 e. The maximum absolute atomic E-state index is 14.1. The molecule has 30 heavy (non-hydrogen) atoms. The van der Waals surface area contributed by atoms with Gasteiger partial charge in [-0.15, -0.1) is 0 Å². The van der Waals surface area contributed by atoms with Gasteiger partial charge >= 0.3 is 0 Å². The minimum absolute atomic E-state index is 0.0342. The van der Waals surface area contributed by atoms with Crippen molar-refractivity contribution < 1.29 is 9.18 Å². The Labute approximate surface area is 176 Å². The number of amides is 1. The number of carbonyl (C=O) groups is 1. The Bertz CT molecular complexity index is 1050. The second kappa shape index (κ2) is 8.19. The van der Waals surface area contributed by atoms with Crippen molar-refractivity contribution >= 4 is 11.5 Å². The fraction of sp³-hybridized carbons (Fsp3) is 0.417. The van der Waals surface area contributed by atoms with Crippen molar-refractivity contribution in [3.8, 4) is 0 Å². The van der Waals surface area contributed by atoms with E-state index in [2.05, 4.69) is 16.4 Å². The molecule has 1 aliphatic heterocycles. The molecule has 4 rings (SSSR count). The lowest BCUT2D eigenvalue weighted by Crippen LogP contribution is -2.38. The van der Waals surface area contributed by atoms with E-state index in [1.54, 1.807) is 11.1 Å². The molecule has 2 aromatic rings. The highest BCUT2D eigenvalue weighted by atomic mass is 19.1. The number of benzene rings is 1. The van der Waals surface area contributed by atoms with E-state index in [0.717, 1.165) is 49.1 Å². The van der Waals surface area contributed by atoms with E-state index in [-0.39, 0.29) is 28.3 Å². The Hall–Kier alpha value is -2.73. The average Bonchev–Trinajstić information content (AvgIpc) is 2.75. The number of piperidine rings is 1. The summed E-state index contributed by atoms with van der Waals surface area (Å²) in [5.74, 6) is -0.506. The van der Waals surface area contributed by atoms with Gasteiger partial charge in [-0.1, -0.05) is 12.1 Å². The van der Waals surface area contributed by atoms with Gasteiger partial charge in [0.2, 0.25) is 0 Å². The van der Waals surface area contributed by atoms with Crippen molar-refractivity contribution in [3.05, 3.63) is 75.0 Å². The number of allylic oxidation sites excluding steroid dienone is 1. The largest absolute Gasteiger partial charge is 0.356 e. The highest BCUT2D eigenvalue weighted by molar-refractivity contribution is 5.93. The van der Waals surface area contributed by atoms with Gasteiger partial charge in [0.15, 0.2) is 5.43 Å².